The van der Waals surface area contributed by atoms with E-state index >= 15 is 0 Å². The van der Waals surface area contributed by atoms with Crippen molar-refractivity contribution < 1.29 is 0 Å². The molecule has 16 heavy (non-hydrogen) atoms. The van der Waals surface area contributed by atoms with Gasteiger partial charge in [-0.1, -0.05) is 52.3 Å². The highest BCUT2D eigenvalue weighted by atomic mass is 14.7. The molecular formula is C15H23N. The summed E-state index contributed by atoms with van der Waals surface area (Å²) in [4.78, 5) is 3.50. The molecule has 88 valence electrons. The third-order valence-corrected chi connectivity index (χ3v) is 2.76. The van der Waals surface area contributed by atoms with Gasteiger partial charge in [-0.2, -0.15) is 0 Å². The summed E-state index contributed by atoms with van der Waals surface area (Å²) in [6.07, 6.45) is 3.51. The van der Waals surface area contributed by atoms with Crippen molar-refractivity contribution in [1.29, 1.82) is 0 Å². The van der Waals surface area contributed by atoms with Crippen LogP contribution in [0.3, 0.4) is 0 Å². The Morgan fingerprint density at radius 2 is 1.75 bits per heavy atom. The molecule has 0 radical (unpaired) electrons. The van der Waals surface area contributed by atoms with Crippen LogP contribution in [0, 0.1) is 0 Å². The maximum Gasteiger partial charge on any atom is 0.0458 e. The standard InChI is InChI=1S/C13H17N.C2H6/c1-3-7-10-11-8-5-6-9-13(11)14-12(10)4-2;1-2/h5-6,8-9,14H,3-4,7H2,1-2H3;1-2H3. The lowest BCUT2D eigenvalue weighted by molar-refractivity contribution is 0.900. The lowest BCUT2D eigenvalue weighted by Crippen LogP contribution is -1.88. The van der Waals surface area contributed by atoms with Gasteiger partial charge in [0.2, 0.25) is 0 Å². The molecule has 0 aliphatic rings. The molecule has 1 nitrogen and oxygen atoms in total. The summed E-state index contributed by atoms with van der Waals surface area (Å²) in [5.41, 5.74) is 4.21. The first kappa shape index (κ1) is 12.8. The van der Waals surface area contributed by atoms with Crippen LogP contribution >= 0.6 is 0 Å². The number of nitrogens with one attached hydrogen (secondary N) is 1. The van der Waals surface area contributed by atoms with Gasteiger partial charge in [0.1, 0.15) is 0 Å². The van der Waals surface area contributed by atoms with E-state index in [4.69, 9.17) is 0 Å². The van der Waals surface area contributed by atoms with E-state index in [1.54, 1.807) is 0 Å². The van der Waals surface area contributed by atoms with E-state index in [0.29, 0.717) is 0 Å². The zero-order valence-electron chi connectivity index (χ0n) is 10.9. The van der Waals surface area contributed by atoms with Gasteiger partial charge in [-0.25, -0.2) is 0 Å². The second-order valence-electron chi connectivity index (χ2n) is 3.73. The highest BCUT2D eigenvalue weighted by Crippen LogP contribution is 2.23. The lowest BCUT2D eigenvalue weighted by atomic mass is 10.1. The number of aromatic nitrogens is 1. The van der Waals surface area contributed by atoms with Gasteiger partial charge in [-0.3, -0.25) is 0 Å². The molecule has 2 rings (SSSR count). The minimum Gasteiger partial charge on any atom is -0.358 e. The number of fused-ring (bicyclic) bond motifs is 1. The highest BCUT2D eigenvalue weighted by Gasteiger charge is 2.07. The number of para-hydroxylation sites is 1. The zero-order valence-corrected chi connectivity index (χ0v) is 10.9. The van der Waals surface area contributed by atoms with E-state index in [1.807, 2.05) is 13.8 Å². The largest absolute Gasteiger partial charge is 0.358 e. The topological polar surface area (TPSA) is 15.8 Å². The van der Waals surface area contributed by atoms with Crippen LogP contribution in [-0.4, -0.2) is 4.98 Å². The van der Waals surface area contributed by atoms with Crippen molar-refractivity contribution in [2.45, 2.75) is 47.0 Å². The molecule has 0 amide bonds. The van der Waals surface area contributed by atoms with E-state index in [1.165, 1.54) is 35.0 Å². The quantitative estimate of drug-likeness (QED) is 0.766. The molecule has 0 spiro atoms. The van der Waals surface area contributed by atoms with Gasteiger partial charge in [-0.05, 0) is 24.5 Å². The summed E-state index contributed by atoms with van der Waals surface area (Å²) in [5, 5.41) is 1.41. The number of benzene rings is 1. The predicted octanol–water partition coefficient (Wildman–Crippen LogP) is 4.71. The van der Waals surface area contributed by atoms with Crippen molar-refractivity contribution in [3.8, 4) is 0 Å². The Bertz CT molecular complexity index is 426. The van der Waals surface area contributed by atoms with Crippen LogP contribution in [0.15, 0.2) is 24.3 Å². The molecule has 0 saturated heterocycles. The van der Waals surface area contributed by atoms with E-state index in [-0.39, 0.29) is 0 Å². The molecule has 1 aromatic carbocycles. The number of aryl methyl sites for hydroxylation is 2. The molecule has 1 aromatic heterocycles. The molecule has 1 heteroatoms. The number of H-pyrrole nitrogens is 1. The van der Waals surface area contributed by atoms with Crippen molar-refractivity contribution in [3.05, 3.63) is 35.5 Å². The van der Waals surface area contributed by atoms with E-state index < -0.39 is 0 Å². The van der Waals surface area contributed by atoms with Crippen LogP contribution < -0.4 is 0 Å². The van der Waals surface area contributed by atoms with Crippen molar-refractivity contribution in [3.63, 3.8) is 0 Å². The predicted molar refractivity (Wildman–Crippen MR) is 73.0 cm³/mol. The second-order valence-corrected chi connectivity index (χ2v) is 3.73. The SMILES string of the molecule is CC.CCCc1c(CC)[nH]c2ccccc12. The molecular weight excluding hydrogens is 194 g/mol. The monoisotopic (exact) mass is 217 g/mol. The number of hydrogen-bond donors (Lipinski definition) is 1. The Balaban J connectivity index is 0.000000606. The fourth-order valence-corrected chi connectivity index (χ4v) is 2.09. The fourth-order valence-electron chi connectivity index (χ4n) is 2.09. The maximum absolute atomic E-state index is 3.50. The Hall–Kier alpha value is -1.24. The first-order valence-electron chi connectivity index (χ1n) is 6.45. The molecule has 0 saturated carbocycles. The van der Waals surface area contributed by atoms with Crippen LogP contribution in [0.5, 0.6) is 0 Å². The van der Waals surface area contributed by atoms with Crippen LogP contribution in [-0.2, 0) is 12.8 Å². The number of aromatic amines is 1. The van der Waals surface area contributed by atoms with Gasteiger partial charge < -0.3 is 4.98 Å². The average Bonchev–Trinajstić information content (AvgIpc) is 2.71. The molecule has 0 bridgehead atoms. The van der Waals surface area contributed by atoms with Gasteiger partial charge in [0.15, 0.2) is 0 Å². The first-order valence-corrected chi connectivity index (χ1v) is 6.45. The Kier molecular flexibility index (Phi) is 5.10. The van der Waals surface area contributed by atoms with Crippen LogP contribution in [0.1, 0.15) is 45.4 Å². The molecule has 2 aromatic rings. The zero-order chi connectivity index (χ0) is 12.0. The molecule has 0 atom stereocenters. The highest BCUT2D eigenvalue weighted by molar-refractivity contribution is 5.84. The van der Waals surface area contributed by atoms with Gasteiger partial charge in [0, 0.05) is 16.6 Å². The summed E-state index contributed by atoms with van der Waals surface area (Å²) in [6.45, 7) is 8.45. The van der Waals surface area contributed by atoms with Crippen LogP contribution in [0.4, 0.5) is 0 Å². The minimum absolute atomic E-state index is 1.10. The third kappa shape index (κ3) is 2.46. The molecule has 0 aliphatic heterocycles. The van der Waals surface area contributed by atoms with Crippen LogP contribution in [0.2, 0.25) is 0 Å². The number of rotatable bonds is 3. The minimum atomic E-state index is 1.10. The van der Waals surface area contributed by atoms with Gasteiger partial charge in [-0.15, -0.1) is 0 Å². The Morgan fingerprint density at radius 3 is 2.38 bits per heavy atom. The van der Waals surface area contributed by atoms with Crippen molar-refractivity contribution in [2.24, 2.45) is 0 Å². The summed E-state index contributed by atoms with van der Waals surface area (Å²) in [7, 11) is 0. The average molecular weight is 217 g/mol. The maximum atomic E-state index is 3.50. The van der Waals surface area contributed by atoms with Crippen molar-refractivity contribution in [2.75, 3.05) is 0 Å². The lowest BCUT2D eigenvalue weighted by Gasteiger charge is -1.99. The molecule has 1 N–H and O–H groups in total. The molecule has 0 aliphatic carbocycles. The van der Waals surface area contributed by atoms with E-state index in [9.17, 15) is 0 Å². The van der Waals surface area contributed by atoms with Crippen molar-refractivity contribution in [1.82, 2.24) is 4.98 Å². The smallest absolute Gasteiger partial charge is 0.0458 e. The van der Waals surface area contributed by atoms with Gasteiger partial charge >= 0.3 is 0 Å². The number of hydrogen-bond acceptors (Lipinski definition) is 0. The first-order chi connectivity index (χ1) is 7.86. The van der Waals surface area contributed by atoms with Crippen LogP contribution in [0.25, 0.3) is 10.9 Å². The summed E-state index contributed by atoms with van der Waals surface area (Å²) < 4.78 is 0. The summed E-state index contributed by atoms with van der Waals surface area (Å²) in [5.74, 6) is 0. The Labute approximate surface area is 98.9 Å². The Morgan fingerprint density at radius 1 is 1.06 bits per heavy atom. The summed E-state index contributed by atoms with van der Waals surface area (Å²) >= 11 is 0. The third-order valence-electron chi connectivity index (χ3n) is 2.76. The van der Waals surface area contributed by atoms with Gasteiger partial charge in [0.05, 0.1) is 0 Å². The molecule has 0 fully saturated rings. The summed E-state index contributed by atoms with van der Waals surface area (Å²) in [6, 6.07) is 8.59. The van der Waals surface area contributed by atoms with Crippen molar-refractivity contribution >= 4 is 10.9 Å². The van der Waals surface area contributed by atoms with E-state index in [2.05, 4.69) is 43.1 Å². The van der Waals surface area contributed by atoms with Gasteiger partial charge in [0.25, 0.3) is 0 Å². The molecule has 1 heterocycles. The fraction of sp³-hybridized carbons (Fsp3) is 0.467. The van der Waals surface area contributed by atoms with E-state index in [0.717, 1.165) is 6.42 Å². The second kappa shape index (κ2) is 6.37. The molecule has 0 unspecified atom stereocenters. The normalized spacial score (nSPS) is 10.0.